The molecule has 1 N–H and O–H groups in total. The molecule has 0 aliphatic rings. The number of carbonyl (C=O) groups excluding carboxylic acids is 2. The summed E-state index contributed by atoms with van der Waals surface area (Å²) in [5, 5.41) is 3.37. The number of benzene rings is 2. The average Bonchev–Trinajstić information content (AvgIpc) is 2.73. The summed E-state index contributed by atoms with van der Waals surface area (Å²) >= 11 is 6.11. The second-order valence-corrected chi connectivity index (χ2v) is 11.4. The quantitative estimate of drug-likeness (QED) is 0.558. The van der Waals surface area contributed by atoms with Crippen LogP contribution in [0.25, 0.3) is 0 Å². The Kier molecular flexibility index (Phi) is 8.96. The van der Waals surface area contributed by atoms with Crippen molar-refractivity contribution in [1.29, 1.82) is 0 Å². The van der Waals surface area contributed by atoms with Gasteiger partial charge in [-0.1, -0.05) is 29.8 Å². The van der Waals surface area contributed by atoms with Crippen molar-refractivity contribution in [1.82, 2.24) is 10.2 Å². The Balaban J connectivity index is 2.42. The predicted octanol–water partition coefficient (Wildman–Crippen LogP) is 3.45. The third-order valence-electron chi connectivity index (χ3n) is 4.93. The van der Waals surface area contributed by atoms with E-state index in [0.29, 0.717) is 16.3 Å². The lowest BCUT2D eigenvalue weighted by Gasteiger charge is -2.33. The number of carbonyl (C=O) groups is 2. The Labute approximate surface area is 206 Å². The molecule has 2 amide bonds. The molecule has 186 valence electrons. The van der Waals surface area contributed by atoms with Gasteiger partial charge in [-0.15, -0.1) is 0 Å². The van der Waals surface area contributed by atoms with E-state index in [0.717, 1.165) is 10.6 Å². The smallest absolute Gasteiger partial charge is 0.244 e. The van der Waals surface area contributed by atoms with Crippen LogP contribution in [0.2, 0.25) is 5.02 Å². The summed E-state index contributed by atoms with van der Waals surface area (Å²) in [5.41, 5.74) is 0.489. The molecule has 0 unspecified atom stereocenters. The average molecular weight is 510 g/mol. The summed E-state index contributed by atoms with van der Waals surface area (Å²) in [6.07, 6.45) is 1.02. The van der Waals surface area contributed by atoms with Crippen LogP contribution < -0.4 is 14.4 Å². The zero-order valence-electron chi connectivity index (χ0n) is 20.3. The predicted molar refractivity (Wildman–Crippen MR) is 135 cm³/mol. The molecule has 2 aromatic carbocycles. The van der Waals surface area contributed by atoms with Gasteiger partial charge in [0.2, 0.25) is 21.8 Å². The molecule has 0 aliphatic carbocycles. The van der Waals surface area contributed by atoms with Gasteiger partial charge in [0.25, 0.3) is 0 Å². The van der Waals surface area contributed by atoms with Crippen molar-refractivity contribution in [2.75, 3.05) is 24.2 Å². The van der Waals surface area contributed by atoms with E-state index in [-0.39, 0.29) is 18.1 Å². The van der Waals surface area contributed by atoms with Crippen molar-refractivity contribution >= 4 is 39.1 Å². The lowest BCUT2D eigenvalue weighted by Crippen LogP contribution is -2.54. The van der Waals surface area contributed by atoms with Crippen molar-refractivity contribution in [2.45, 2.75) is 45.8 Å². The van der Waals surface area contributed by atoms with Crippen LogP contribution in [-0.4, -0.2) is 56.6 Å². The molecule has 0 spiro atoms. The summed E-state index contributed by atoms with van der Waals surface area (Å²) in [6.45, 7) is 6.73. The topological polar surface area (TPSA) is 96.0 Å². The summed E-state index contributed by atoms with van der Waals surface area (Å²) in [5.74, 6) is -0.438. The van der Waals surface area contributed by atoms with Gasteiger partial charge in [-0.05, 0) is 57.5 Å². The standard InChI is InChI=1S/C24H32ClN3O5S/c1-17(23(30)26-24(2,3)4)27(15-18-9-7-10-19(25)13-18)22(29)16-28(34(6,31)32)20-11-8-12-21(14-20)33-5/h7-14,17H,15-16H2,1-6H3,(H,26,30)/t17-/m0/s1. The maximum absolute atomic E-state index is 13.5. The Morgan fingerprint density at radius 2 is 1.76 bits per heavy atom. The molecule has 0 aliphatic heterocycles. The molecular weight excluding hydrogens is 478 g/mol. The Bertz CT molecular complexity index is 1130. The highest BCUT2D eigenvalue weighted by atomic mass is 35.5. The molecular formula is C24H32ClN3O5S. The van der Waals surface area contributed by atoms with Crippen LogP contribution >= 0.6 is 11.6 Å². The zero-order chi connectivity index (χ0) is 25.7. The second-order valence-electron chi connectivity index (χ2n) is 9.04. The van der Waals surface area contributed by atoms with Crippen LogP contribution in [0.5, 0.6) is 5.75 Å². The molecule has 1 atom stereocenters. The van der Waals surface area contributed by atoms with Crippen molar-refractivity contribution in [3.05, 3.63) is 59.1 Å². The highest BCUT2D eigenvalue weighted by Gasteiger charge is 2.31. The van der Waals surface area contributed by atoms with Gasteiger partial charge in [0.15, 0.2) is 0 Å². The largest absolute Gasteiger partial charge is 0.497 e. The third kappa shape index (κ3) is 7.92. The van der Waals surface area contributed by atoms with E-state index in [9.17, 15) is 18.0 Å². The Morgan fingerprint density at radius 1 is 1.12 bits per heavy atom. The van der Waals surface area contributed by atoms with Crippen molar-refractivity contribution < 1.29 is 22.7 Å². The summed E-state index contributed by atoms with van der Waals surface area (Å²) < 4.78 is 31.4. The van der Waals surface area contributed by atoms with Crippen LogP contribution in [0, 0.1) is 0 Å². The molecule has 0 bridgehead atoms. The van der Waals surface area contributed by atoms with Gasteiger partial charge >= 0.3 is 0 Å². The van der Waals surface area contributed by atoms with E-state index in [4.69, 9.17) is 16.3 Å². The summed E-state index contributed by atoms with van der Waals surface area (Å²) in [6, 6.07) is 12.5. The second kappa shape index (κ2) is 11.1. The highest BCUT2D eigenvalue weighted by molar-refractivity contribution is 7.92. The monoisotopic (exact) mass is 509 g/mol. The Hall–Kier alpha value is -2.78. The number of anilines is 1. The molecule has 34 heavy (non-hydrogen) atoms. The first-order valence-corrected chi connectivity index (χ1v) is 12.9. The molecule has 10 heteroatoms. The number of nitrogens with zero attached hydrogens (tertiary/aromatic N) is 2. The number of amides is 2. The molecule has 8 nitrogen and oxygen atoms in total. The SMILES string of the molecule is COc1cccc(N(CC(=O)N(Cc2cccc(Cl)c2)[C@@H](C)C(=O)NC(C)(C)C)S(C)(=O)=O)c1. The molecule has 2 rings (SSSR count). The van der Waals surface area contributed by atoms with Gasteiger partial charge in [-0.2, -0.15) is 0 Å². The first-order chi connectivity index (χ1) is 15.7. The van der Waals surface area contributed by atoms with Gasteiger partial charge in [-0.3, -0.25) is 13.9 Å². The lowest BCUT2D eigenvalue weighted by molar-refractivity contribution is -0.140. The Morgan fingerprint density at radius 3 is 2.32 bits per heavy atom. The number of halogens is 1. The normalized spacial score (nSPS) is 12.6. The molecule has 0 saturated carbocycles. The molecule has 0 radical (unpaired) electrons. The number of methoxy groups -OCH3 is 1. The fraction of sp³-hybridized carbons (Fsp3) is 0.417. The van der Waals surface area contributed by atoms with E-state index in [2.05, 4.69) is 5.32 Å². The molecule has 0 fully saturated rings. The van der Waals surface area contributed by atoms with E-state index in [1.54, 1.807) is 49.4 Å². The molecule has 0 saturated heterocycles. The van der Waals surface area contributed by atoms with E-state index in [1.165, 1.54) is 18.1 Å². The number of ether oxygens (including phenoxy) is 1. The maximum atomic E-state index is 13.5. The van der Waals surface area contributed by atoms with Crippen LogP contribution in [0.15, 0.2) is 48.5 Å². The molecule has 0 heterocycles. The minimum absolute atomic E-state index is 0.0772. The minimum atomic E-state index is -3.82. The van der Waals surface area contributed by atoms with Crippen molar-refractivity contribution in [3.63, 3.8) is 0 Å². The van der Waals surface area contributed by atoms with Crippen molar-refractivity contribution in [2.24, 2.45) is 0 Å². The van der Waals surface area contributed by atoms with Gasteiger partial charge in [-0.25, -0.2) is 8.42 Å². The van der Waals surface area contributed by atoms with Crippen LogP contribution in [0.4, 0.5) is 5.69 Å². The van der Waals surface area contributed by atoms with Gasteiger partial charge in [0.1, 0.15) is 18.3 Å². The van der Waals surface area contributed by atoms with Gasteiger partial charge in [0, 0.05) is 23.2 Å². The third-order valence-corrected chi connectivity index (χ3v) is 6.30. The van der Waals surface area contributed by atoms with E-state index >= 15 is 0 Å². The lowest BCUT2D eigenvalue weighted by atomic mass is 10.1. The fourth-order valence-corrected chi connectivity index (χ4v) is 4.32. The number of rotatable bonds is 9. The number of hydrogen-bond acceptors (Lipinski definition) is 5. The minimum Gasteiger partial charge on any atom is -0.497 e. The molecule has 0 aromatic heterocycles. The van der Waals surface area contributed by atoms with Crippen LogP contribution in [0.1, 0.15) is 33.3 Å². The first-order valence-electron chi connectivity index (χ1n) is 10.7. The van der Waals surface area contributed by atoms with E-state index < -0.39 is 34.1 Å². The van der Waals surface area contributed by atoms with Gasteiger partial charge in [0.05, 0.1) is 19.1 Å². The van der Waals surface area contributed by atoms with E-state index in [1.807, 2.05) is 20.8 Å². The fourth-order valence-electron chi connectivity index (χ4n) is 3.27. The molecule has 2 aromatic rings. The highest BCUT2D eigenvalue weighted by Crippen LogP contribution is 2.24. The number of nitrogens with one attached hydrogen (secondary N) is 1. The van der Waals surface area contributed by atoms with Gasteiger partial charge < -0.3 is 15.0 Å². The number of hydrogen-bond donors (Lipinski definition) is 1. The summed E-state index contributed by atoms with van der Waals surface area (Å²) in [4.78, 5) is 27.8. The van der Waals surface area contributed by atoms with Crippen molar-refractivity contribution in [3.8, 4) is 5.75 Å². The van der Waals surface area contributed by atoms with Crippen LogP contribution in [0.3, 0.4) is 0 Å². The maximum Gasteiger partial charge on any atom is 0.244 e. The van der Waals surface area contributed by atoms with Crippen LogP contribution in [-0.2, 0) is 26.2 Å². The zero-order valence-corrected chi connectivity index (χ0v) is 21.9. The number of sulfonamides is 1. The first kappa shape index (κ1) is 27.5. The summed E-state index contributed by atoms with van der Waals surface area (Å²) in [7, 11) is -2.35.